The Bertz CT molecular complexity index is 294. The molecule has 0 aliphatic carbocycles. The molecular formula is C13H24N2O3. The van der Waals surface area contributed by atoms with Crippen LogP contribution in [-0.4, -0.2) is 41.6 Å². The van der Waals surface area contributed by atoms with E-state index in [9.17, 15) is 9.59 Å². The van der Waals surface area contributed by atoms with Crippen molar-refractivity contribution in [2.75, 3.05) is 19.6 Å². The molecule has 1 fully saturated rings. The molecule has 5 nitrogen and oxygen atoms in total. The van der Waals surface area contributed by atoms with Crippen LogP contribution in [0.1, 0.15) is 39.5 Å². The van der Waals surface area contributed by atoms with Gasteiger partial charge in [-0.1, -0.05) is 13.8 Å². The lowest BCUT2D eigenvalue weighted by atomic mass is 10.0. The first-order valence-corrected chi connectivity index (χ1v) is 6.73. The molecule has 0 radical (unpaired) electrons. The second-order valence-electron chi connectivity index (χ2n) is 5.40. The molecule has 5 heteroatoms. The number of urea groups is 1. The van der Waals surface area contributed by atoms with Gasteiger partial charge in [-0.2, -0.15) is 0 Å². The van der Waals surface area contributed by atoms with Gasteiger partial charge in [-0.15, -0.1) is 0 Å². The zero-order chi connectivity index (χ0) is 13.5. The maximum atomic E-state index is 11.8. The summed E-state index contributed by atoms with van der Waals surface area (Å²) in [6, 6.07) is 0.0183. The van der Waals surface area contributed by atoms with Gasteiger partial charge in [0.2, 0.25) is 0 Å². The summed E-state index contributed by atoms with van der Waals surface area (Å²) in [6.07, 6.45) is 2.80. The predicted octanol–water partition coefficient (Wildman–Crippen LogP) is 1.93. The van der Waals surface area contributed by atoms with Crippen molar-refractivity contribution in [3.8, 4) is 0 Å². The molecule has 104 valence electrons. The van der Waals surface area contributed by atoms with E-state index in [0.29, 0.717) is 24.8 Å². The number of amides is 2. The summed E-state index contributed by atoms with van der Waals surface area (Å²) >= 11 is 0. The highest BCUT2D eigenvalue weighted by atomic mass is 16.4. The largest absolute Gasteiger partial charge is 0.481 e. The molecule has 18 heavy (non-hydrogen) atoms. The Morgan fingerprint density at radius 1 is 1.44 bits per heavy atom. The van der Waals surface area contributed by atoms with Gasteiger partial charge in [-0.25, -0.2) is 4.79 Å². The number of hydrogen-bond donors (Lipinski definition) is 2. The fourth-order valence-electron chi connectivity index (χ4n) is 2.17. The Balaban J connectivity index is 2.09. The van der Waals surface area contributed by atoms with Crippen LogP contribution in [0.25, 0.3) is 0 Å². The van der Waals surface area contributed by atoms with Crippen LogP contribution in [0.4, 0.5) is 4.79 Å². The van der Waals surface area contributed by atoms with E-state index in [-0.39, 0.29) is 12.5 Å². The Hall–Kier alpha value is -1.26. The summed E-state index contributed by atoms with van der Waals surface area (Å²) in [4.78, 5) is 24.0. The van der Waals surface area contributed by atoms with Gasteiger partial charge in [0.1, 0.15) is 0 Å². The number of hydrogen-bond acceptors (Lipinski definition) is 2. The molecule has 0 aromatic heterocycles. The quantitative estimate of drug-likeness (QED) is 0.763. The van der Waals surface area contributed by atoms with Crippen LogP contribution in [0.3, 0.4) is 0 Å². The number of aliphatic carboxylic acids is 1. The summed E-state index contributed by atoms with van der Waals surface area (Å²) in [7, 11) is 0. The number of rotatable bonds is 6. The predicted molar refractivity (Wildman–Crippen MR) is 69.4 cm³/mol. The number of carboxylic acids is 1. The van der Waals surface area contributed by atoms with Gasteiger partial charge >= 0.3 is 12.0 Å². The van der Waals surface area contributed by atoms with E-state index in [0.717, 1.165) is 25.9 Å². The van der Waals surface area contributed by atoms with Crippen LogP contribution in [0.2, 0.25) is 0 Å². The first-order valence-electron chi connectivity index (χ1n) is 6.73. The number of likely N-dealkylation sites (tertiary alicyclic amines) is 1. The van der Waals surface area contributed by atoms with E-state index in [1.54, 1.807) is 0 Å². The lowest BCUT2D eigenvalue weighted by molar-refractivity contribution is -0.137. The second kappa shape index (κ2) is 7.24. The van der Waals surface area contributed by atoms with E-state index in [1.807, 2.05) is 11.8 Å². The molecule has 1 heterocycles. The maximum absolute atomic E-state index is 11.8. The highest BCUT2D eigenvalue weighted by molar-refractivity contribution is 5.74. The van der Waals surface area contributed by atoms with E-state index in [2.05, 4.69) is 12.2 Å². The molecule has 0 bridgehead atoms. The third-order valence-corrected chi connectivity index (χ3v) is 3.48. The van der Waals surface area contributed by atoms with E-state index in [1.165, 1.54) is 0 Å². The molecule has 0 spiro atoms. The zero-order valence-electron chi connectivity index (χ0n) is 11.3. The van der Waals surface area contributed by atoms with Crippen molar-refractivity contribution in [1.82, 2.24) is 10.2 Å². The fraction of sp³-hybridized carbons (Fsp3) is 0.846. The SMILES string of the molecule is CC(CCNC(=O)N1CCC(C)C1)CCC(=O)O. The Morgan fingerprint density at radius 2 is 2.17 bits per heavy atom. The molecule has 2 amide bonds. The third kappa shape index (κ3) is 5.38. The molecule has 2 unspecified atom stereocenters. The van der Waals surface area contributed by atoms with Crippen molar-refractivity contribution in [3.63, 3.8) is 0 Å². The summed E-state index contributed by atoms with van der Waals surface area (Å²) < 4.78 is 0. The minimum absolute atomic E-state index is 0.0183. The van der Waals surface area contributed by atoms with Gasteiger partial charge in [0.05, 0.1) is 0 Å². The highest BCUT2D eigenvalue weighted by Gasteiger charge is 2.22. The lowest BCUT2D eigenvalue weighted by Crippen LogP contribution is -2.39. The van der Waals surface area contributed by atoms with E-state index < -0.39 is 5.97 Å². The summed E-state index contributed by atoms with van der Waals surface area (Å²) in [5.41, 5.74) is 0. The Labute approximate surface area is 109 Å². The van der Waals surface area contributed by atoms with Crippen molar-refractivity contribution in [3.05, 3.63) is 0 Å². The minimum atomic E-state index is -0.753. The first kappa shape index (κ1) is 14.8. The van der Waals surface area contributed by atoms with Gasteiger partial charge in [0, 0.05) is 26.1 Å². The summed E-state index contributed by atoms with van der Waals surface area (Å²) in [5, 5.41) is 11.5. The number of nitrogens with one attached hydrogen (secondary N) is 1. The van der Waals surface area contributed by atoms with Crippen LogP contribution >= 0.6 is 0 Å². The standard InChI is InChI=1S/C13H24N2O3/c1-10(3-4-12(16)17)5-7-14-13(18)15-8-6-11(2)9-15/h10-11H,3-9H2,1-2H3,(H,14,18)(H,16,17). The van der Waals surface area contributed by atoms with Gasteiger partial charge in [-0.3, -0.25) is 4.79 Å². The van der Waals surface area contributed by atoms with Gasteiger partial charge in [0.25, 0.3) is 0 Å². The Morgan fingerprint density at radius 3 is 2.72 bits per heavy atom. The molecule has 0 saturated carbocycles. The maximum Gasteiger partial charge on any atom is 0.317 e. The van der Waals surface area contributed by atoms with Crippen LogP contribution in [0.5, 0.6) is 0 Å². The monoisotopic (exact) mass is 256 g/mol. The minimum Gasteiger partial charge on any atom is -0.481 e. The molecule has 2 N–H and O–H groups in total. The topological polar surface area (TPSA) is 69.6 Å². The van der Waals surface area contributed by atoms with Crippen molar-refractivity contribution in [2.24, 2.45) is 11.8 Å². The van der Waals surface area contributed by atoms with Crippen LogP contribution in [0, 0.1) is 11.8 Å². The van der Waals surface area contributed by atoms with Gasteiger partial charge in [-0.05, 0) is 31.1 Å². The zero-order valence-corrected chi connectivity index (χ0v) is 11.3. The van der Waals surface area contributed by atoms with Crippen molar-refractivity contribution >= 4 is 12.0 Å². The van der Waals surface area contributed by atoms with Crippen LogP contribution in [-0.2, 0) is 4.79 Å². The molecule has 0 aromatic rings. The average Bonchev–Trinajstić information content (AvgIpc) is 2.73. The van der Waals surface area contributed by atoms with E-state index >= 15 is 0 Å². The molecule has 1 saturated heterocycles. The number of nitrogens with zero attached hydrogens (tertiary/aromatic N) is 1. The number of carboxylic acid groups (broad SMARTS) is 1. The van der Waals surface area contributed by atoms with Crippen molar-refractivity contribution in [1.29, 1.82) is 0 Å². The Kier molecular flexibility index (Phi) is 5.95. The molecule has 0 aromatic carbocycles. The third-order valence-electron chi connectivity index (χ3n) is 3.48. The van der Waals surface area contributed by atoms with Crippen LogP contribution < -0.4 is 5.32 Å². The number of carbonyl (C=O) groups is 2. The van der Waals surface area contributed by atoms with Crippen molar-refractivity contribution in [2.45, 2.75) is 39.5 Å². The molecule has 1 aliphatic rings. The van der Waals surface area contributed by atoms with E-state index in [4.69, 9.17) is 5.11 Å². The van der Waals surface area contributed by atoms with Crippen LogP contribution in [0.15, 0.2) is 0 Å². The smallest absolute Gasteiger partial charge is 0.317 e. The number of carbonyl (C=O) groups excluding carboxylic acids is 1. The van der Waals surface area contributed by atoms with Crippen molar-refractivity contribution < 1.29 is 14.7 Å². The second-order valence-corrected chi connectivity index (χ2v) is 5.40. The summed E-state index contributed by atoms with van der Waals surface area (Å²) in [6.45, 7) is 6.50. The molecule has 1 rings (SSSR count). The lowest BCUT2D eigenvalue weighted by Gasteiger charge is -2.17. The van der Waals surface area contributed by atoms with Gasteiger partial charge in [0.15, 0.2) is 0 Å². The highest BCUT2D eigenvalue weighted by Crippen LogP contribution is 2.15. The molecule has 1 aliphatic heterocycles. The fourth-order valence-corrected chi connectivity index (χ4v) is 2.17. The van der Waals surface area contributed by atoms with Gasteiger partial charge < -0.3 is 15.3 Å². The molecular weight excluding hydrogens is 232 g/mol. The molecule has 2 atom stereocenters. The normalized spacial score (nSPS) is 20.8. The first-order chi connectivity index (χ1) is 8.49. The average molecular weight is 256 g/mol. The summed E-state index contributed by atoms with van der Waals surface area (Å²) in [5.74, 6) is 0.182.